The van der Waals surface area contributed by atoms with Crippen molar-refractivity contribution in [3.05, 3.63) is 71.8 Å². The number of phenols is 1. The van der Waals surface area contributed by atoms with E-state index in [4.69, 9.17) is 0 Å². The van der Waals surface area contributed by atoms with Crippen LogP contribution in [0.15, 0.2) is 60.7 Å². The SMILES string of the molecule is Oc1cccc(C(Nc2cccc3ccccc23)C(O)C(F)(F)F)c1CBr. The number of aromatic hydroxyl groups is 1. The minimum atomic E-state index is -4.84. The summed E-state index contributed by atoms with van der Waals surface area (Å²) in [7, 11) is 0. The zero-order chi connectivity index (χ0) is 19.6. The van der Waals surface area contributed by atoms with Gasteiger partial charge in [-0.1, -0.05) is 64.5 Å². The van der Waals surface area contributed by atoms with Crippen LogP contribution in [0.5, 0.6) is 5.75 Å². The molecule has 0 saturated carbocycles. The van der Waals surface area contributed by atoms with Gasteiger partial charge in [-0.05, 0) is 23.1 Å². The highest BCUT2D eigenvalue weighted by atomic mass is 79.9. The van der Waals surface area contributed by atoms with Crippen LogP contribution in [0.4, 0.5) is 18.9 Å². The van der Waals surface area contributed by atoms with Crippen molar-refractivity contribution in [2.24, 2.45) is 0 Å². The molecule has 2 atom stereocenters. The molecule has 0 aliphatic heterocycles. The zero-order valence-corrected chi connectivity index (χ0v) is 15.6. The van der Waals surface area contributed by atoms with Crippen molar-refractivity contribution in [2.75, 3.05) is 5.32 Å². The Labute approximate surface area is 162 Å². The summed E-state index contributed by atoms with van der Waals surface area (Å²) in [6, 6.07) is 15.4. The van der Waals surface area contributed by atoms with Crippen LogP contribution < -0.4 is 5.32 Å². The molecule has 3 N–H and O–H groups in total. The number of anilines is 1. The maximum atomic E-state index is 13.4. The topological polar surface area (TPSA) is 52.5 Å². The molecule has 0 saturated heterocycles. The van der Waals surface area contributed by atoms with Gasteiger partial charge in [0.25, 0.3) is 0 Å². The molecule has 142 valence electrons. The number of hydrogen-bond donors (Lipinski definition) is 3. The first kappa shape index (κ1) is 19.5. The van der Waals surface area contributed by atoms with E-state index in [-0.39, 0.29) is 16.6 Å². The van der Waals surface area contributed by atoms with E-state index in [1.165, 1.54) is 18.2 Å². The third-order valence-corrected chi connectivity index (χ3v) is 4.97. The number of nitrogens with one attached hydrogen (secondary N) is 1. The summed E-state index contributed by atoms with van der Waals surface area (Å²) in [5.41, 5.74) is 0.924. The maximum absolute atomic E-state index is 13.4. The standard InChI is InChI=1S/C20H17BrF3NO2/c21-11-15-14(8-4-10-17(15)26)18(19(27)20(22,23)24)25-16-9-3-6-12-5-1-2-7-13(12)16/h1-10,18-19,25-27H,11H2. The fourth-order valence-electron chi connectivity index (χ4n) is 3.06. The van der Waals surface area contributed by atoms with E-state index in [2.05, 4.69) is 21.2 Å². The molecule has 0 aliphatic rings. The Morgan fingerprint density at radius 2 is 1.63 bits per heavy atom. The Balaban J connectivity index is 2.12. The molecule has 0 aliphatic carbocycles. The molecule has 0 fully saturated rings. The van der Waals surface area contributed by atoms with E-state index in [0.29, 0.717) is 11.3 Å². The normalized spacial score (nSPS) is 14.1. The molecule has 0 heterocycles. The predicted octanol–water partition coefficient (Wildman–Crippen LogP) is 5.52. The van der Waals surface area contributed by atoms with Crippen molar-refractivity contribution < 1.29 is 23.4 Å². The molecule has 3 aromatic rings. The van der Waals surface area contributed by atoms with Gasteiger partial charge in [0.1, 0.15) is 5.75 Å². The lowest BCUT2D eigenvalue weighted by Gasteiger charge is -2.29. The molecule has 0 bridgehead atoms. The first-order valence-electron chi connectivity index (χ1n) is 8.18. The highest BCUT2D eigenvalue weighted by Gasteiger charge is 2.45. The minimum absolute atomic E-state index is 0.136. The van der Waals surface area contributed by atoms with Gasteiger partial charge in [-0.3, -0.25) is 0 Å². The van der Waals surface area contributed by atoms with Gasteiger partial charge in [-0.15, -0.1) is 0 Å². The van der Waals surface area contributed by atoms with Crippen molar-refractivity contribution >= 4 is 32.4 Å². The van der Waals surface area contributed by atoms with Crippen molar-refractivity contribution in [1.29, 1.82) is 0 Å². The predicted molar refractivity (Wildman–Crippen MR) is 103 cm³/mol. The highest BCUT2D eigenvalue weighted by molar-refractivity contribution is 9.08. The largest absolute Gasteiger partial charge is 0.508 e. The molecule has 0 radical (unpaired) electrons. The second kappa shape index (κ2) is 7.78. The van der Waals surface area contributed by atoms with Crippen molar-refractivity contribution in [2.45, 2.75) is 23.7 Å². The van der Waals surface area contributed by atoms with Gasteiger partial charge >= 0.3 is 6.18 Å². The van der Waals surface area contributed by atoms with Gasteiger partial charge < -0.3 is 15.5 Å². The molecule has 27 heavy (non-hydrogen) atoms. The van der Waals surface area contributed by atoms with Gasteiger partial charge in [0, 0.05) is 22.0 Å². The summed E-state index contributed by atoms with van der Waals surface area (Å²) < 4.78 is 40.1. The van der Waals surface area contributed by atoms with Crippen molar-refractivity contribution in [1.82, 2.24) is 0 Å². The average molecular weight is 440 g/mol. The average Bonchev–Trinajstić information content (AvgIpc) is 2.64. The van der Waals surface area contributed by atoms with Crippen LogP contribution in [0, 0.1) is 0 Å². The number of hydrogen-bond acceptors (Lipinski definition) is 3. The third kappa shape index (κ3) is 4.04. The minimum Gasteiger partial charge on any atom is -0.508 e. The molecule has 3 rings (SSSR count). The van der Waals surface area contributed by atoms with E-state index in [0.717, 1.165) is 10.8 Å². The number of fused-ring (bicyclic) bond motifs is 1. The molecule has 7 heteroatoms. The highest BCUT2D eigenvalue weighted by Crippen LogP contribution is 2.38. The zero-order valence-electron chi connectivity index (χ0n) is 14.0. The summed E-state index contributed by atoms with van der Waals surface area (Å²) in [6.07, 6.45) is -7.49. The summed E-state index contributed by atoms with van der Waals surface area (Å²) >= 11 is 3.20. The molecule has 0 aromatic heterocycles. The number of benzene rings is 3. The number of halogens is 4. The second-order valence-corrected chi connectivity index (χ2v) is 6.67. The Kier molecular flexibility index (Phi) is 5.62. The molecule has 0 amide bonds. The summed E-state index contributed by atoms with van der Waals surface area (Å²) in [6.45, 7) is 0. The van der Waals surface area contributed by atoms with E-state index in [9.17, 15) is 23.4 Å². The van der Waals surface area contributed by atoms with Crippen LogP contribution in [0.3, 0.4) is 0 Å². The van der Waals surface area contributed by atoms with Gasteiger partial charge in [-0.2, -0.15) is 13.2 Å². The van der Waals surface area contributed by atoms with Gasteiger partial charge in [0.2, 0.25) is 0 Å². The molecule has 3 nitrogen and oxygen atoms in total. The summed E-state index contributed by atoms with van der Waals surface area (Å²) in [5, 5.41) is 24.7. The second-order valence-electron chi connectivity index (χ2n) is 6.11. The van der Waals surface area contributed by atoms with E-state index < -0.39 is 18.3 Å². The van der Waals surface area contributed by atoms with Crippen LogP contribution in [0.25, 0.3) is 10.8 Å². The van der Waals surface area contributed by atoms with Crippen LogP contribution in [-0.4, -0.2) is 22.5 Å². The fraction of sp³-hybridized carbons (Fsp3) is 0.200. The third-order valence-electron chi connectivity index (χ3n) is 4.41. The lowest BCUT2D eigenvalue weighted by atomic mass is 9.95. The van der Waals surface area contributed by atoms with Crippen LogP contribution >= 0.6 is 15.9 Å². The first-order valence-corrected chi connectivity index (χ1v) is 9.31. The van der Waals surface area contributed by atoms with E-state index in [1.807, 2.05) is 18.2 Å². The van der Waals surface area contributed by atoms with E-state index >= 15 is 0 Å². The molecule has 0 spiro atoms. The monoisotopic (exact) mass is 439 g/mol. The van der Waals surface area contributed by atoms with Crippen LogP contribution in [-0.2, 0) is 5.33 Å². The quantitative estimate of drug-likeness (QED) is 0.459. The number of alkyl halides is 4. The lowest BCUT2D eigenvalue weighted by molar-refractivity contribution is -0.208. The Bertz CT molecular complexity index is 941. The Morgan fingerprint density at radius 1 is 0.963 bits per heavy atom. The Morgan fingerprint density at radius 3 is 2.33 bits per heavy atom. The fourth-order valence-corrected chi connectivity index (χ4v) is 3.67. The summed E-state index contributed by atoms with van der Waals surface area (Å²) in [4.78, 5) is 0. The number of rotatable bonds is 5. The van der Waals surface area contributed by atoms with Gasteiger partial charge in [0.15, 0.2) is 6.10 Å². The molecular formula is C20H17BrF3NO2. The van der Waals surface area contributed by atoms with Crippen molar-refractivity contribution in [3.8, 4) is 5.75 Å². The van der Waals surface area contributed by atoms with Crippen LogP contribution in [0.2, 0.25) is 0 Å². The van der Waals surface area contributed by atoms with E-state index in [1.54, 1.807) is 24.3 Å². The first-order chi connectivity index (χ1) is 12.8. The van der Waals surface area contributed by atoms with Crippen LogP contribution in [0.1, 0.15) is 17.2 Å². The van der Waals surface area contributed by atoms with Gasteiger partial charge in [0.05, 0.1) is 6.04 Å². The van der Waals surface area contributed by atoms with Gasteiger partial charge in [-0.25, -0.2) is 0 Å². The van der Waals surface area contributed by atoms with Crippen molar-refractivity contribution in [3.63, 3.8) is 0 Å². The number of aliphatic hydroxyl groups excluding tert-OH is 1. The molecule has 2 unspecified atom stereocenters. The number of aliphatic hydroxyl groups is 1. The molecular weight excluding hydrogens is 423 g/mol. The maximum Gasteiger partial charge on any atom is 0.416 e. The summed E-state index contributed by atoms with van der Waals surface area (Å²) in [5.74, 6) is -0.136. The Hall–Kier alpha value is -2.25. The smallest absolute Gasteiger partial charge is 0.416 e. The molecule has 3 aromatic carbocycles. The lowest BCUT2D eigenvalue weighted by Crippen LogP contribution is -2.38. The number of phenolic OH excluding ortho intramolecular Hbond substituents is 1.